The third kappa shape index (κ3) is 4.39. The van der Waals surface area contributed by atoms with E-state index in [0.717, 1.165) is 11.1 Å². The molecular formula is C18H22N2O3. The molecule has 2 N–H and O–H groups in total. The lowest BCUT2D eigenvalue weighted by Crippen LogP contribution is -2.27. The summed E-state index contributed by atoms with van der Waals surface area (Å²) in [5.41, 5.74) is 8.28. The molecule has 0 aliphatic heterocycles. The van der Waals surface area contributed by atoms with Gasteiger partial charge in [0, 0.05) is 19.3 Å². The normalized spacial score (nSPS) is 10.2. The molecule has 0 aromatic heterocycles. The predicted molar refractivity (Wildman–Crippen MR) is 90.6 cm³/mol. The van der Waals surface area contributed by atoms with Crippen molar-refractivity contribution in [3.05, 3.63) is 53.6 Å². The SMILES string of the molecule is COc1ccc(CN(C)C(=O)Cc2ccc(N)cc2)cc1OC. The number of anilines is 1. The van der Waals surface area contributed by atoms with E-state index in [1.165, 1.54) is 0 Å². The maximum absolute atomic E-state index is 12.3. The second kappa shape index (κ2) is 7.54. The number of ether oxygens (including phenoxy) is 2. The van der Waals surface area contributed by atoms with Crippen LogP contribution < -0.4 is 15.2 Å². The van der Waals surface area contributed by atoms with Gasteiger partial charge in [0.25, 0.3) is 0 Å². The summed E-state index contributed by atoms with van der Waals surface area (Å²) >= 11 is 0. The number of carbonyl (C=O) groups excluding carboxylic acids is 1. The van der Waals surface area contributed by atoms with Crippen LogP contribution in [0.4, 0.5) is 5.69 Å². The third-order valence-electron chi connectivity index (χ3n) is 3.63. The number of likely N-dealkylation sites (N-methyl/N-ethyl adjacent to an activating group) is 1. The summed E-state index contributed by atoms with van der Waals surface area (Å²) in [6, 6.07) is 13.0. The molecule has 0 spiro atoms. The van der Waals surface area contributed by atoms with Crippen LogP contribution >= 0.6 is 0 Å². The van der Waals surface area contributed by atoms with Crippen molar-refractivity contribution >= 4 is 11.6 Å². The topological polar surface area (TPSA) is 64.8 Å². The van der Waals surface area contributed by atoms with Crippen LogP contribution in [0.1, 0.15) is 11.1 Å². The van der Waals surface area contributed by atoms with Gasteiger partial charge >= 0.3 is 0 Å². The van der Waals surface area contributed by atoms with Gasteiger partial charge in [-0.05, 0) is 35.4 Å². The summed E-state index contributed by atoms with van der Waals surface area (Å²) < 4.78 is 10.5. The number of nitrogens with zero attached hydrogens (tertiary/aromatic N) is 1. The Bertz CT molecular complexity index is 668. The molecule has 0 aliphatic rings. The third-order valence-corrected chi connectivity index (χ3v) is 3.63. The monoisotopic (exact) mass is 314 g/mol. The molecule has 0 heterocycles. The van der Waals surface area contributed by atoms with Crippen molar-refractivity contribution < 1.29 is 14.3 Å². The summed E-state index contributed by atoms with van der Waals surface area (Å²) in [5.74, 6) is 1.38. The first kappa shape index (κ1) is 16.7. The van der Waals surface area contributed by atoms with E-state index in [-0.39, 0.29) is 5.91 Å². The smallest absolute Gasteiger partial charge is 0.227 e. The highest BCUT2D eigenvalue weighted by Gasteiger charge is 2.12. The van der Waals surface area contributed by atoms with Gasteiger partial charge in [0.05, 0.1) is 20.6 Å². The molecular weight excluding hydrogens is 292 g/mol. The van der Waals surface area contributed by atoms with E-state index in [4.69, 9.17) is 15.2 Å². The fourth-order valence-corrected chi connectivity index (χ4v) is 2.29. The lowest BCUT2D eigenvalue weighted by atomic mass is 10.1. The summed E-state index contributed by atoms with van der Waals surface area (Å²) in [7, 11) is 4.98. The Morgan fingerprint density at radius 1 is 1.00 bits per heavy atom. The Morgan fingerprint density at radius 3 is 2.22 bits per heavy atom. The van der Waals surface area contributed by atoms with Crippen molar-refractivity contribution in [3.8, 4) is 11.5 Å². The number of nitrogen functional groups attached to an aromatic ring is 1. The Kier molecular flexibility index (Phi) is 5.46. The molecule has 2 aromatic carbocycles. The Hall–Kier alpha value is -2.69. The highest BCUT2D eigenvalue weighted by Crippen LogP contribution is 2.28. The molecule has 5 nitrogen and oxygen atoms in total. The first-order valence-corrected chi connectivity index (χ1v) is 7.32. The van der Waals surface area contributed by atoms with Gasteiger partial charge in [0.2, 0.25) is 5.91 Å². The molecule has 0 aliphatic carbocycles. The van der Waals surface area contributed by atoms with Gasteiger partial charge in [0.1, 0.15) is 0 Å². The number of rotatable bonds is 6. The molecule has 0 saturated carbocycles. The lowest BCUT2D eigenvalue weighted by Gasteiger charge is -2.18. The highest BCUT2D eigenvalue weighted by atomic mass is 16.5. The van der Waals surface area contributed by atoms with Crippen molar-refractivity contribution in [1.29, 1.82) is 0 Å². The minimum atomic E-state index is 0.0459. The zero-order valence-corrected chi connectivity index (χ0v) is 13.7. The first-order chi connectivity index (χ1) is 11.0. The van der Waals surface area contributed by atoms with E-state index in [1.807, 2.05) is 30.3 Å². The molecule has 0 atom stereocenters. The Morgan fingerprint density at radius 2 is 1.61 bits per heavy atom. The maximum atomic E-state index is 12.3. The van der Waals surface area contributed by atoms with Gasteiger partial charge < -0.3 is 20.1 Å². The van der Waals surface area contributed by atoms with Gasteiger partial charge in [-0.3, -0.25) is 4.79 Å². The van der Waals surface area contributed by atoms with Crippen molar-refractivity contribution in [2.75, 3.05) is 27.0 Å². The molecule has 1 amide bonds. The van der Waals surface area contributed by atoms with Crippen LogP contribution in [0.5, 0.6) is 11.5 Å². The van der Waals surface area contributed by atoms with Crippen LogP contribution in [0.3, 0.4) is 0 Å². The minimum absolute atomic E-state index is 0.0459. The number of hydrogen-bond acceptors (Lipinski definition) is 4. The zero-order valence-electron chi connectivity index (χ0n) is 13.7. The van der Waals surface area contributed by atoms with Crippen LogP contribution in [-0.4, -0.2) is 32.1 Å². The number of benzene rings is 2. The Labute approximate surface area is 136 Å². The Balaban J connectivity index is 2.01. The van der Waals surface area contributed by atoms with E-state index in [1.54, 1.807) is 38.3 Å². The molecule has 2 rings (SSSR count). The number of nitrogens with two attached hydrogens (primary N) is 1. The molecule has 122 valence electrons. The highest BCUT2D eigenvalue weighted by molar-refractivity contribution is 5.78. The molecule has 0 bridgehead atoms. The van der Waals surface area contributed by atoms with Crippen LogP contribution in [0.15, 0.2) is 42.5 Å². The molecule has 2 aromatic rings. The summed E-state index contributed by atoms with van der Waals surface area (Å²) in [6.45, 7) is 0.508. The number of methoxy groups -OCH3 is 2. The molecule has 0 fully saturated rings. The maximum Gasteiger partial charge on any atom is 0.227 e. The van der Waals surface area contributed by atoms with Gasteiger partial charge in [-0.15, -0.1) is 0 Å². The number of hydrogen-bond donors (Lipinski definition) is 1. The quantitative estimate of drug-likeness (QED) is 0.832. The van der Waals surface area contributed by atoms with Crippen molar-refractivity contribution in [2.24, 2.45) is 0 Å². The summed E-state index contributed by atoms with van der Waals surface area (Å²) in [5, 5.41) is 0. The predicted octanol–water partition coefficient (Wildman–Crippen LogP) is 2.49. The zero-order chi connectivity index (χ0) is 16.8. The number of amides is 1. The molecule has 5 heteroatoms. The lowest BCUT2D eigenvalue weighted by molar-refractivity contribution is -0.129. The molecule has 23 heavy (non-hydrogen) atoms. The fourth-order valence-electron chi connectivity index (χ4n) is 2.29. The van der Waals surface area contributed by atoms with E-state index < -0.39 is 0 Å². The van der Waals surface area contributed by atoms with Crippen molar-refractivity contribution in [2.45, 2.75) is 13.0 Å². The van der Waals surface area contributed by atoms with Gasteiger partial charge in [-0.25, -0.2) is 0 Å². The molecule has 0 radical (unpaired) electrons. The van der Waals surface area contributed by atoms with Crippen LogP contribution in [0.25, 0.3) is 0 Å². The molecule has 0 saturated heterocycles. The standard InChI is InChI=1S/C18H22N2O3/c1-20(18(21)11-13-4-7-15(19)8-5-13)12-14-6-9-16(22-2)17(10-14)23-3/h4-10H,11-12,19H2,1-3H3. The van der Waals surface area contributed by atoms with Gasteiger partial charge in [-0.2, -0.15) is 0 Å². The van der Waals surface area contributed by atoms with Crippen LogP contribution in [-0.2, 0) is 17.8 Å². The largest absolute Gasteiger partial charge is 0.493 e. The number of carbonyl (C=O) groups is 1. The van der Waals surface area contributed by atoms with Crippen molar-refractivity contribution in [1.82, 2.24) is 4.90 Å². The van der Waals surface area contributed by atoms with E-state index in [9.17, 15) is 4.79 Å². The minimum Gasteiger partial charge on any atom is -0.493 e. The average molecular weight is 314 g/mol. The second-order valence-corrected chi connectivity index (χ2v) is 5.36. The van der Waals surface area contributed by atoms with Crippen LogP contribution in [0.2, 0.25) is 0 Å². The van der Waals surface area contributed by atoms with E-state index >= 15 is 0 Å². The summed E-state index contributed by atoms with van der Waals surface area (Å²) in [6.07, 6.45) is 0.351. The summed E-state index contributed by atoms with van der Waals surface area (Å²) in [4.78, 5) is 14.0. The first-order valence-electron chi connectivity index (χ1n) is 7.32. The van der Waals surface area contributed by atoms with Gasteiger partial charge in [0.15, 0.2) is 11.5 Å². The van der Waals surface area contributed by atoms with E-state index in [2.05, 4.69) is 0 Å². The molecule has 0 unspecified atom stereocenters. The fraction of sp³-hybridized carbons (Fsp3) is 0.278. The van der Waals surface area contributed by atoms with Gasteiger partial charge in [-0.1, -0.05) is 18.2 Å². The second-order valence-electron chi connectivity index (χ2n) is 5.36. The van der Waals surface area contributed by atoms with Crippen LogP contribution in [0, 0.1) is 0 Å². The van der Waals surface area contributed by atoms with Crippen molar-refractivity contribution in [3.63, 3.8) is 0 Å². The van der Waals surface area contributed by atoms with E-state index in [0.29, 0.717) is 30.2 Å². The average Bonchev–Trinajstić information content (AvgIpc) is 2.56.